The maximum Gasteiger partial charge on any atom is 0.162 e. The summed E-state index contributed by atoms with van der Waals surface area (Å²) in [6.45, 7) is 19.5. The van der Waals surface area contributed by atoms with E-state index < -0.39 is 0 Å². The van der Waals surface area contributed by atoms with Gasteiger partial charge in [-0.1, -0.05) is 85.9 Å². The molecular weight excluding hydrogens is 709 g/mol. The summed E-state index contributed by atoms with van der Waals surface area (Å²) in [4.78, 5) is 21.1. The van der Waals surface area contributed by atoms with Gasteiger partial charge in [-0.05, 0) is 81.8 Å². The third kappa shape index (κ3) is 6.79. The first-order valence-corrected chi connectivity index (χ1v) is 15.6. The maximum atomic E-state index is 11.7. The zero-order valence-corrected chi connectivity index (χ0v) is 29.7. The van der Waals surface area contributed by atoms with Gasteiger partial charge in [0.15, 0.2) is 5.78 Å². The molecule has 1 radical (unpaired) electrons. The summed E-state index contributed by atoms with van der Waals surface area (Å²) < 4.78 is 0. The molecular formula is C38H47IrN2O2-. The van der Waals surface area contributed by atoms with Gasteiger partial charge in [-0.15, -0.1) is 23.3 Å². The maximum absolute atomic E-state index is 11.7. The minimum atomic E-state index is -0.149. The van der Waals surface area contributed by atoms with Crippen LogP contribution in [0.1, 0.15) is 105 Å². The standard InChI is InChI=1S/C25H23N2.C13H24O2.Ir/c1-24(2,3)16-13-15-10-12-27-23-18-8-9-20-17(7-6-11-26-20)22(18)25(4,5)19(14-16)21(15)23;1-5-10(6-2)12(14)9-13(15)11(7-3)8-4;/h6-7,9-14H,1-5H3;9-11,14H,5-8H2,1-4H3;/q-1;;/b;12-9-;. The van der Waals surface area contributed by atoms with E-state index in [0.717, 1.165) is 42.5 Å². The SMILES string of the molecule is CC(C)(C)c1cc2c3c(nccc3c1)-c1[c-]cc3ncccc3c1C2(C)C.CCC(CC)C(=O)/C=C(\O)C(CC)CC.[Ir]. The molecule has 0 spiro atoms. The van der Waals surface area contributed by atoms with E-state index in [-0.39, 0.29) is 54.3 Å². The van der Waals surface area contributed by atoms with E-state index in [0.29, 0.717) is 0 Å². The van der Waals surface area contributed by atoms with Crippen molar-refractivity contribution in [1.29, 1.82) is 0 Å². The fraction of sp³-hybridized carbons (Fsp3) is 0.447. The predicted molar refractivity (Wildman–Crippen MR) is 176 cm³/mol. The van der Waals surface area contributed by atoms with Crippen LogP contribution in [0.15, 0.2) is 60.6 Å². The Hall–Kier alpha value is -2.88. The molecule has 0 aliphatic heterocycles. The zero-order chi connectivity index (χ0) is 30.8. The number of ketones is 1. The van der Waals surface area contributed by atoms with Crippen molar-refractivity contribution in [3.63, 3.8) is 0 Å². The molecule has 2 aromatic heterocycles. The smallest absolute Gasteiger partial charge is 0.162 e. The second-order valence-electron chi connectivity index (χ2n) is 13.1. The van der Waals surface area contributed by atoms with Crippen molar-refractivity contribution in [3.05, 3.63) is 83.4 Å². The summed E-state index contributed by atoms with van der Waals surface area (Å²) in [6.07, 6.45) is 8.68. The van der Waals surface area contributed by atoms with Gasteiger partial charge in [0.2, 0.25) is 0 Å². The first-order chi connectivity index (χ1) is 19.9. The quantitative estimate of drug-likeness (QED) is 0.116. The van der Waals surface area contributed by atoms with Crippen LogP contribution in [0.25, 0.3) is 32.9 Å². The molecule has 0 saturated heterocycles. The van der Waals surface area contributed by atoms with Crippen LogP contribution in [0.2, 0.25) is 0 Å². The molecule has 2 aromatic carbocycles. The summed E-state index contributed by atoms with van der Waals surface area (Å²) in [7, 11) is 0. The molecule has 1 aliphatic carbocycles. The van der Waals surface area contributed by atoms with Gasteiger partial charge in [0.1, 0.15) is 0 Å². The van der Waals surface area contributed by atoms with Gasteiger partial charge in [-0.25, -0.2) is 0 Å². The molecule has 0 amide bonds. The number of aromatic nitrogens is 2. The molecule has 43 heavy (non-hydrogen) atoms. The summed E-state index contributed by atoms with van der Waals surface area (Å²) in [6, 6.07) is 16.6. The molecule has 231 valence electrons. The van der Waals surface area contributed by atoms with E-state index in [4.69, 9.17) is 4.98 Å². The van der Waals surface area contributed by atoms with Gasteiger partial charge >= 0.3 is 0 Å². The van der Waals surface area contributed by atoms with Crippen molar-refractivity contribution in [2.24, 2.45) is 11.8 Å². The topological polar surface area (TPSA) is 63.1 Å². The van der Waals surface area contributed by atoms with Gasteiger partial charge in [0.25, 0.3) is 0 Å². The number of hydrogen-bond donors (Lipinski definition) is 1. The van der Waals surface area contributed by atoms with Crippen molar-refractivity contribution in [1.82, 2.24) is 9.97 Å². The molecule has 0 fully saturated rings. The summed E-state index contributed by atoms with van der Waals surface area (Å²) in [5, 5.41) is 13.5. The fourth-order valence-electron chi connectivity index (χ4n) is 6.27. The molecule has 1 aliphatic rings. The number of carbonyl (C=O) groups is 1. The second-order valence-corrected chi connectivity index (χ2v) is 13.1. The molecule has 5 heteroatoms. The van der Waals surface area contributed by atoms with Crippen molar-refractivity contribution >= 4 is 27.5 Å². The average molecular weight is 756 g/mol. The van der Waals surface area contributed by atoms with Gasteiger partial charge in [-0.3, -0.25) is 4.79 Å². The Morgan fingerprint density at radius 1 is 0.977 bits per heavy atom. The monoisotopic (exact) mass is 756 g/mol. The Balaban J connectivity index is 0.000000274. The van der Waals surface area contributed by atoms with Crippen molar-refractivity contribution < 1.29 is 30.0 Å². The number of allylic oxidation sites excluding steroid dienone is 2. The molecule has 2 heterocycles. The Bertz CT molecular complexity index is 1620. The number of rotatable bonds is 7. The van der Waals surface area contributed by atoms with Gasteiger partial charge in [0.05, 0.1) is 5.76 Å². The number of aliphatic hydroxyl groups excluding tert-OH is 1. The first-order valence-electron chi connectivity index (χ1n) is 15.6. The summed E-state index contributed by atoms with van der Waals surface area (Å²) in [5.41, 5.74) is 7.09. The Kier molecular flexibility index (Phi) is 11.1. The van der Waals surface area contributed by atoms with Crippen LogP contribution in [0.4, 0.5) is 0 Å². The van der Waals surface area contributed by atoms with E-state index >= 15 is 0 Å². The number of aliphatic hydroxyl groups is 1. The van der Waals surface area contributed by atoms with Crippen molar-refractivity contribution in [2.75, 3.05) is 0 Å². The van der Waals surface area contributed by atoms with E-state index in [9.17, 15) is 9.90 Å². The fourth-order valence-corrected chi connectivity index (χ4v) is 6.27. The Labute approximate surface area is 271 Å². The number of carbonyl (C=O) groups excluding carboxylic acids is 1. The minimum Gasteiger partial charge on any atom is -0.512 e. The van der Waals surface area contributed by atoms with Crippen molar-refractivity contribution in [3.8, 4) is 11.3 Å². The van der Waals surface area contributed by atoms with Crippen LogP contribution >= 0.6 is 0 Å². The van der Waals surface area contributed by atoms with E-state index in [1.165, 1.54) is 38.9 Å². The number of hydrogen-bond acceptors (Lipinski definition) is 4. The van der Waals surface area contributed by atoms with E-state index in [1.54, 1.807) is 0 Å². The molecule has 4 aromatic rings. The van der Waals surface area contributed by atoms with Crippen LogP contribution in [-0.4, -0.2) is 20.9 Å². The third-order valence-corrected chi connectivity index (χ3v) is 9.06. The largest absolute Gasteiger partial charge is 0.512 e. The molecule has 0 atom stereocenters. The van der Waals surface area contributed by atoms with Gasteiger partial charge in [0, 0.05) is 50.4 Å². The number of pyridine rings is 2. The number of nitrogens with zero attached hydrogens (tertiary/aromatic N) is 2. The van der Waals surface area contributed by atoms with Gasteiger partial charge < -0.3 is 15.1 Å². The van der Waals surface area contributed by atoms with Gasteiger partial charge in [-0.2, -0.15) is 0 Å². The van der Waals surface area contributed by atoms with E-state index in [1.807, 2.05) is 52.2 Å². The number of benzene rings is 2. The van der Waals surface area contributed by atoms with Crippen LogP contribution in [0.3, 0.4) is 0 Å². The number of fused-ring (bicyclic) bond motifs is 4. The van der Waals surface area contributed by atoms with Crippen LogP contribution in [-0.2, 0) is 35.7 Å². The van der Waals surface area contributed by atoms with E-state index in [2.05, 4.69) is 69.9 Å². The first kappa shape index (κ1) is 34.6. The zero-order valence-electron chi connectivity index (χ0n) is 27.3. The summed E-state index contributed by atoms with van der Waals surface area (Å²) >= 11 is 0. The van der Waals surface area contributed by atoms with Crippen LogP contribution < -0.4 is 0 Å². The van der Waals surface area contributed by atoms with Crippen LogP contribution in [0.5, 0.6) is 0 Å². The second kappa shape index (κ2) is 13.8. The molecule has 0 unspecified atom stereocenters. The minimum absolute atomic E-state index is 0. The molecule has 0 saturated carbocycles. The average Bonchev–Trinajstić information content (AvgIpc) is 2.96. The third-order valence-electron chi connectivity index (χ3n) is 9.06. The molecule has 5 rings (SSSR count). The Morgan fingerprint density at radius 3 is 2.23 bits per heavy atom. The van der Waals surface area contributed by atoms with Crippen molar-refractivity contribution in [2.45, 2.75) is 98.8 Å². The normalized spacial score (nSPS) is 13.9. The molecule has 4 nitrogen and oxygen atoms in total. The Morgan fingerprint density at radius 2 is 1.63 bits per heavy atom. The summed E-state index contributed by atoms with van der Waals surface area (Å²) in [5.74, 6) is 0.547. The van der Waals surface area contributed by atoms with Crippen LogP contribution in [0, 0.1) is 17.9 Å². The molecule has 1 N–H and O–H groups in total. The predicted octanol–water partition coefficient (Wildman–Crippen LogP) is 10.1. The molecule has 0 bridgehead atoms.